The second-order valence-corrected chi connectivity index (χ2v) is 25.9. The van der Waals surface area contributed by atoms with E-state index in [4.69, 9.17) is 4.74 Å². The largest absolute Gasteiger partial charge is 0.493 e. The van der Waals surface area contributed by atoms with E-state index in [2.05, 4.69) is 31.4 Å². The fourth-order valence-electron chi connectivity index (χ4n) is 12.2. The van der Waals surface area contributed by atoms with Gasteiger partial charge in [-0.1, -0.05) is 400 Å². The number of nitrogens with one attached hydrogen (secondary N) is 2. The highest BCUT2D eigenvalue weighted by Crippen LogP contribution is 2.24. The average molecular weight is 1130 g/mol. The van der Waals surface area contributed by atoms with Crippen LogP contribution in [0.5, 0.6) is 5.75 Å². The molecule has 0 aliphatic carbocycles. The van der Waals surface area contributed by atoms with Gasteiger partial charge in [-0.3, -0.25) is 9.59 Å². The molecular formula is C76H144N2O3. The average Bonchev–Trinajstić information content (AvgIpc) is 3.48. The van der Waals surface area contributed by atoms with E-state index in [-0.39, 0.29) is 11.8 Å². The van der Waals surface area contributed by atoms with E-state index in [0.29, 0.717) is 36.6 Å². The molecule has 0 aliphatic heterocycles. The van der Waals surface area contributed by atoms with Crippen molar-refractivity contribution >= 4 is 11.8 Å². The molecule has 1 aromatic rings. The Hall–Kier alpha value is -2.04. The van der Waals surface area contributed by atoms with Crippen molar-refractivity contribution in [3.05, 3.63) is 29.3 Å². The zero-order valence-electron chi connectivity index (χ0n) is 55.4. The van der Waals surface area contributed by atoms with Crippen molar-refractivity contribution in [2.24, 2.45) is 0 Å². The van der Waals surface area contributed by atoms with E-state index in [1.807, 2.05) is 18.2 Å². The Bertz CT molecular complexity index is 1410. The fourth-order valence-corrected chi connectivity index (χ4v) is 12.2. The molecule has 5 nitrogen and oxygen atoms in total. The van der Waals surface area contributed by atoms with Crippen LogP contribution in [0.2, 0.25) is 0 Å². The van der Waals surface area contributed by atoms with Gasteiger partial charge in [0.1, 0.15) is 5.75 Å². The monoisotopic (exact) mass is 1130 g/mol. The highest BCUT2D eigenvalue weighted by atomic mass is 16.5. The summed E-state index contributed by atoms with van der Waals surface area (Å²) in [5, 5.41) is 6.34. The smallest absolute Gasteiger partial charge is 0.255 e. The molecular weight excluding hydrogens is 989 g/mol. The number of hydrogen-bond acceptors (Lipinski definition) is 3. The molecule has 2 N–H and O–H groups in total. The zero-order chi connectivity index (χ0) is 58.1. The SMILES string of the molecule is CCCCCCCCCCCCCCCCCCCCCCCCCCCNC(=O)c1ccc(C(=O)NCCCCCCCCCCCCCCCCCCCCCCCCCCC)c(OCCCCCCCCCCCCCC)c1. The molecule has 0 heterocycles. The highest BCUT2D eigenvalue weighted by molar-refractivity contribution is 6.00. The van der Waals surface area contributed by atoms with E-state index in [0.717, 1.165) is 38.5 Å². The van der Waals surface area contributed by atoms with Crippen molar-refractivity contribution in [3.8, 4) is 5.75 Å². The van der Waals surface area contributed by atoms with Crippen LogP contribution in [-0.2, 0) is 0 Å². The topological polar surface area (TPSA) is 67.4 Å². The number of carbonyl (C=O) groups is 2. The lowest BCUT2D eigenvalue weighted by atomic mass is 10.0. The van der Waals surface area contributed by atoms with Crippen LogP contribution < -0.4 is 15.4 Å². The number of unbranched alkanes of at least 4 members (excludes halogenated alkanes) is 59. The van der Waals surface area contributed by atoms with Gasteiger partial charge in [0.25, 0.3) is 11.8 Å². The first-order valence-corrected chi connectivity index (χ1v) is 37.5. The summed E-state index contributed by atoms with van der Waals surface area (Å²) < 4.78 is 6.32. The summed E-state index contributed by atoms with van der Waals surface area (Å²) in [6.45, 7) is 8.83. The molecule has 0 atom stereocenters. The predicted molar refractivity (Wildman–Crippen MR) is 360 cm³/mol. The predicted octanol–water partition coefficient (Wildman–Crippen LogP) is 25.8. The highest BCUT2D eigenvalue weighted by Gasteiger charge is 2.16. The van der Waals surface area contributed by atoms with E-state index in [9.17, 15) is 9.59 Å². The van der Waals surface area contributed by atoms with Gasteiger partial charge in [0.2, 0.25) is 0 Å². The first kappa shape index (κ1) is 77.0. The molecule has 0 saturated carbocycles. The zero-order valence-corrected chi connectivity index (χ0v) is 55.4. The molecule has 0 saturated heterocycles. The summed E-state index contributed by atoms with van der Waals surface area (Å²) in [6, 6.07) is 5.43. The van der Waals surface area contributed by atoms with Crippen LogP contribution in [0.4, 0.5) is 0 Å². The third kappa shape index (κ3) is 55.6. The molecule has 0 aliphatic rings. The maximum Gasteiger partial charge on any atom is 0.255 e. The number of hydrogen-bond donors (Lipinski definition) is 2. The Morgan fingerprint density at radius 2 is 0.481 bits per heavy atom. The lowest BCUT2D eigenvalue weighted by Crippen LogP contribution is -2.26. The number of carbonyl (C=O) groups excluding carboxylic acids is 2. The van der Waals surface area contributed by atoms with Crippen molar-refractivity contribution in [2.45, 2.75) is 419 Å². The maximum absolute atomic E-state index is 13.5. The quantitative estimate of drug-likeness (QED) is 0.0639. The van der Waals surface area contributed by atoms with Gasteiger partial charge in [-0.15, -0.1) is 0 Å². The second kappa shape index (κ2) is 65.5. The van der Waals surface area contributed by atoms with Crippen molar-refractivity contribution in [2.75, 3.05) is 19.7 Å². The lowest BCUT2D eigenvalue weighted by Gasteiger charge is -2.14. The van der Waals surface area contributed by atoms with Crippen molar-refractivity contribution in [1.82, 2.24) is 10.6 Å². The minimum absolute atomic E-state index is 0.0723. The summed E-state index contributed by atoms with van der Waals surface area (Å²) in [7, 11) is 0. The number of benzene rings is 1. The van der Waals surface area contributed by atoms with Crippen LogP contribution in [-0.4, -0.2) is 31.5 Å². The van der Waals surface area contributed by atoms with Crippen molar-refractivity contribution < 1.29 is 14.3 Å². The fraction of sp³-hybridized carbons (Fsp3) is 0.895. The Balaban J connectivity index is 2.22. The normalized spacial score (nSPS) is 11.5. The molecule has 0 radical (unpaired) electrons. The number of rotatable bonds is 68. The first-order chi connectivity index (χ1) is 40.1. The molecule has 2 amide bonds. The summed E-state index contributed by atoms with van der Waals surface area (Å²) in [4.78, 5) is 26.9. The summed E-state index contributed by atoms with van der Waals surface area (Å²) in [5.74, 6) is 0.381. The summed E-state index contributed by atoms with van der Waals surface area (Å²) >= 11 is 0. The van der Waals surface area contributed by atoms with Gasteiger partial charge in [-0.2, -0.15) is 0 Å². The van der Waals surface area contributed by atoms with Gasteiger partial charge in [0.15, 0.2) is 0 Å². The van der Waals surface area contributed by atoms with Crippen molar-refractivity contribution in [3.63, 3.8) is 0 Å². The third-order valence-electron chi connectivity index (χ3n) is 17.9. The van der Waals surface area contributed by atoms with Crippen LogP contribution >= 0.6 is 0 Å². The Morgan fingerprint density at radius 1 is 0.272 bits per heavy atom. The minimum atomic E-state index is -0.0913. The first-order valence-electron chi connectivity index (χ1n) is 37.5. The molecule has 5 heteroatoms. The maximum atomic E-state index is 13.5. The van der Waals surface area contributed by atoms with Gasteiger partial charge in [0, 0.05) is 18.7 Å². The molecule has 476 valence electrons. The van der Waals surface area contributed by atoms with Crippen LogP contribution in [0, 0.1) is 0 Å². The molecule has 0 bridgehead atoms. The van der Waals surface area contributed by atoms with Gasteiger partial charge in [-0.05, 0) is 37.5 Å². The van der Waals surface area contributed by atoms with E-state index < -0.39 is 0 Å². The number of ether oxygens (including phenoxy) is 1. The summed E-state index contributed by atoms with van der Waals surface area (Å²) in [5.41, 5.74) is 1.13. The Kier molecular flexibility index (Phi) is 62.2. The Labute approximate surface area is 508 Å². The molecule has 0 spiro atoms. The van der Waals surface area contributed by atoms with Crippen LogP contribution in [0.1, 0.15) is 440 Å². The molecule has 0 fully saturated rings. The molecule has 1 rings (SSSR count). The Morgan fingerprint density at radius 3 is 0.728 bits per heavy atom. The molecule has 81 heavy (non-hydrogen) atoms. The molecule has 0 unspecified atom stereocenters. The van der Waals surface area contributed by atoms with Crippen LogP contribution in [0.15, 0.2) is 18.2 Å². The van der Waals surface area contributed by atoms with Gasteiger partial charge >= 0.3 is 0 Å². The van der Waals surface area contributed by atoms with E-state index >= 15 is 0 Å². The lowest BCUT2D eigenvalue weighted by molar-refractivity contribution is 0.0937. The van der Waals surface area contributed by atoms with Gasteiger partial charge in [-0.25, -0.2) is 0 Å². The minimum Gasteiger partial charge on any atom is -0.493 e. The van der Waals surface area contributed by atoms with Gasteiger partial charge < -0.3 is 15.4 Å². The third-order valence-corrected chi connectivity index (χ3v) is 17.9. The summed E-state index contributed by atoms with van der Waals surface area (Å²) in [6.07, 6.45) is 85.0. The van der Waals surface area contributed by atoms with Gasteiger partial charge in [0.05, 0.1) is 12.2 Å². The number of amides is 2. The van der Waals surface area contributed by atoms with Crippen LogP contribution in [0.25, 0.3) is 0 Å². The van der Waals surface area contributed by atoms with E-state index in [1.165, 1.54) is 360 Å². The second-order valence-electron chi connectivity index (χ2n) is 25.9. The standard InChI is InChI=1S/C76H144N2O3/c1-4-7-10-13-16-19-22-25-27-29-31-33-35-37-39-41-43-45-47-49-51-54-57-60-63-68-77-75(79)72-66-67-73(74(71-72)81-70-65-62-59-56-53-24-21-18-15-12-9-6-3)76(80)78-69-64-61-58-55-52-50-48-46-44-42-40-38-36-34-32-30-28-26-23-20-17-14-11-8-5-2/h66-67,71H,4-65,68-70H2,1-3H3,(H,77,79)(H,78,80). The van der Waals surface area contributed by atoms with E-state index in [1.54, 1.807) is 0 Å². The molecule has 1 aromatic carbocycles. The van der Waals surface area contributed by atoms with Crippen LogP contribution in [0.3, 0.4) is 0 Å². The van der Waals surface area contributed by atoms with Crippen molar-refractivity contribution in [1.29, 1.82) is 0 Å². The molecule has 0 aromatic heterocycles.